The lowest BCUT2D eigenvalue weighted by molar-refractivity contribution is -0.119. The van der Waals surface area contributed by atoms with Crippen LogP contribution in [0, 0.1) is 10.8 Å². The maximum absolute atomic E-state index is 14.2. The first kappa shape index (κ1) is 34.2. The van der Waals surface area contributed by atoms with Crippen LogP contribution in [0.5, 0.6) is 11.5 Å². The molecule has 2 aliphatic carbocycles. The molecule has 3 aliphatic rings. The second-order valence-corrected chi connectivity index (χ2v) is 14.5. The SMILES string of the molecule is C=CCc1cc(C2C3=C(CC(C)(C)CC3=O)N(CCCOC)C3=C2C(=O)CC(C)(C)C3)cc(OC)c1OCc1ccc(C(=O)O)cc1. The molecular formula is C39H47NO7. The number of carboxylic acids is 1. The molecule has 1 aliphatic heterocycles. The Morgan fingerprint density at radius 3 is 2.06 bits per heavy atom. The summed E-state index contributed by atoms with van der Waals surface area (Å²) >= 11 is 0. The molecule has 0 unspecified atom stereocenters. The number of allylic oxidation sites excluding steroid dienone is 5. The van der Waals surface area contributed by atoms with Gasteiger partial charge in [0, 0.05) is 67.1 Å². The lowest BCUT2D eigenvalue weighted by Gasteiger charge is -2.49. The van der Waals surface area contributed by atoms with Crippen molar-refractivity contribution >= 4 is 17.5 Å². The van der Waals surface area contributed by atoms with Crippen LogP contribution in [-0.2, 0) is 27.4 Å². The van der Waals surface area contributed by atoms with Crippen molar-refractivity contribution in [2.75, 3.05) is 27.4 Å². The Balaban J connectivity index is 1.65. The minimum absolute atomic E-state index is 0.0801. The van der Waals surface area contributed by atoms with Crippen LogP contribution in [0.25, 0.3) is 0 Å². The maximum atomic E-state index is 14.2. The number of hydrogen-bond acceptors (Lipinski definition) is 7. The molecule has 0 fully saturated rings. The first-order valence-electron chi connectivity index (χ1n) is 16.3. The van der Waals surface area contributed by atoms with Gasteiger partial charge in [-0.1, -0.05) is 52.0 Å². The van der Waals surface area contributed by atoms with Gasteiger partial charge in [0.2, 0.25) is 0 Å². The number of nitrogens with zero attached hydrogens (tertiary/aromatic N) is 1. The third kappa shape index (κ3) is 7.08. The highest BCUT2D eigenvalue weighted by molar-refractivity contribution is 6.07. The number of aromatic carboxylic acids is 1. The highest BCUT2D eigenvalue weighted by atomic mass is 16.5. The Hall–Kier alpha value is -4.17. The number of hydrogen-bond donors (Lipinski definition) is 1. The molecule has 0 spiro atoms. The van der Waals surface area contributed by atoms with Crippen LogP contribution in [0.1, 0.15) is 92.8 Å². The smallest absolute Gasteiger partial charge is 0.335 e. The Morgan fingerprint density at radius 1 is 0.957 bits per heavy atom. The average Bonchev–Trinajstić information content (AvgIpc) is 2.99. The molecule has 250 valence electrons. The number of rotatable bonds is 12. The third-order valence-electron chi connectivity index (χ3n) is 9.41. The van der Waals surface area contributed by atoms with Gasteiger partial charge >= 0.3 is 5.97 Å². The monoisotopic (exact) mass is 641 g/mol. The van der Waals surface area contributed by atoms with E-state index in [4.69, 9.17) is 14.2 Å². The van der Waals surface area contributed by atoms with E-state index in [9.17, 15) is 19.5 Å². The fraction of sp³-hybridized carbons (Fsp3) is 0.462. The molecule has 2 aromatic rings. The first-order chi connectivity index (χ1) is 22.3. The normalized spacial score (nSPS) is 19.0. The second-order valence-electron chi connectivity index (χ2n) is 14.5. The summed E-state index contributed by atoms with van der Waals surface area (Å²) in [5, 5.41) is 9.26. The molecule has 0 aromatic heterocycles. The van der Waals surface area contributed by atoms with Gasteiger partial charge in [0.15, 0.2) is 23.1 Å². The van der Waals surface area contributed by atoms with Gasteiger partial charge in [0.1, 0.15) is 6.61 Å². The highest BCUT2D eigenvalue weighted by Crippen LogP contribution is 2.55. The zero-order valence-corrected chi connectivity index (χ0v) is 28.5. The van der Waals surface area contributed by atoms with E-state index < -0.39 is 11.9 Å². The van der Waals surface area contributed by atoms with Crippen LogP contribution in [0.2, 0.25) is 0 Å². The molecule has 0 bridgehead atoms. The first-order valence-corrected chi connectivity index (χ1v) is 16.3. The topological polar surface area (TPSA) is 102 Å². The van der Waals surface area contributed by atoms with E-state index in [2.05, 4.69) is 39.2 Å². The molecule has 8 heteroatoms. The molecule has 5 rings (SSSR count). The van der Waals surface area contributed by atoms with E-state index in [0.29, 0.717) is 55.1 Å². The Bertz CT molecular complexity index is 1590. The minimum atomic E-state index is -0.986. The van der Waals surface area contributed by atoms with Gasteiger partial charge in [-0.25, -0.2) is 4.79 Å². The molecule has 0 saturated carbocycles. The van der Waals surface area contributed by atoms with Crippen LogP contribution < -0.4 is 9.47 Å². The summed E-state index contributed by atoms with van der Waals surface area (Å²) in [7, 11) is 3.28. The number of carboxylic acid groups (broad SMARTS) is 1. The van der Waals surface area contributed by atoms with E-state index in [0.717, 1.165) is 47.3 Å². The predicted octanol–water partition coefficient (Wildman–Crippen LogP) is 7.42. The van der Waals surface area contributed by atoms with E-state index in [1.54, 1.807) is 44.6 Å². The van der Waals surface area contributed by atoms with E-state index >= 15 is 0 Å². The summed E-state index contributed by atoms with van der Waals surface area (Å²) in [4.78, 5) is 42.0. The average molecular weight is 642 g/mol. The van der Waals surface area contributed by atoms with E-state index in [1.165, 1.54) is 0 Å². The quantitative estimate of drug-likeness (QED) is 0.189. The second kappa shape index (κ2) is 13.5. The van der Waals surface area contributed by atoms with Crippen molar-refractivity contribution in [2.45, 2.75) is 78.7 Å². The van der Waals surface area contributed by atoms with Crippen molar-refractivity contribution in [1.29, 1.82) is 0 Å². The predicted molar refractivity (Wildman–Crippen MR) is 181 cm³/mol. The molecular weight excluding hydrogens is 594 g/mol. The largest absolute Gasteiger partial charge is 0.493 e. The lowest BCUT2D eigenvalue weighted by Crippen LogP contribution is -2.44. The van der Waals surface area contributed by atoms with Gasteiger partial charge in [-0.15, -0.1) is 6.58 Å². The summed E-state index contributed by atoms with van der Waals surface area (Å²) in [5.74, 6) is -0.291. The highest BCUT2D eigenvalue weighted by Gasteiger charge is 2.49. The lowest BCUT2D eigenvalue weighted by atomic mass is 9.63. The molecule has 0 amide bonds. The molecule has 8 nitrogen and oxygen atoms in total. The number of carbonyl (C=O) groups excluding carboxylic acids is 2. The number of methoxy groups -OCH3 is 2. The molecule has 0 atom stereocenters. The van der Waals surface area contributed by atoms with Crippen molar-refractivity contribution in [1.82, 2.24) is 4.90 Å². The molecule has 1 heterocycles. The van der Waals surface area contributed by atoms with Crippen molar-refractivity contribution in [2.24, 2.45) is 10.8 Å². The fourth-order valence-corrected chi connectivity index (χ4v) is 7.39. The number of Topliss-reactive ketones (excluding diaryl/α,β-unsaturated/α-hetero) is 2. The van der Waals surface area contributed by atoms with Crippen molar-refractivity contribution in [3.63, 3.8) is 0 Å². The van der Waals surface area contributed by atoms with Crippen molar-refractivity contribution < 1.29 is 33.7 Å². The van der Waals surface area contributed by atoms with Crippen LogP contribution in [0.3, 0.4) is 0 Å². The van der Waals surface area contributed by atoms with Gasteiger partial charge in [-0.3, -0.25) is 9.59 Å². The zero-order chi connectivity index (χ0) is 34.1. The molecule has 47 heavy (non-hydrogen) atoms. The molecule has 0 saturated heterocycles. The van der Waals surface area contributed by atoms with Crippen LogP contribution in [0.4, 0.5) is 0 Å². The zero-order valence-electron chi connectivity index (χ0n) is 28.5. The number of benzene rings is 2. The number of carbonyl (C=O) groups is 3. The van der Waals surface area contributed by atoms with Gasteiger partial charge in [0.25, 0.3) is 0 Å². The van der Waals surface area contributed by atoms with Gasteiger partial charge in [0.05, 0.1) is 12.7 Å². The fourth-order valence-electron chi connectivity index (χ4n) is 7.39. The minimum Gasteiger partial charge on any atom is -0.493 e. The van der Waals surface area contributed by atoms with Gasteiger partial charge < -0.3 is 24.2 Å². The van der Waals surface area contributed by atoms with E-state index in [1.807, 2.05) is 12.1 Å². The summed E-state index contributed by atoms with van der Waals surface area (Å²) in [6, 6.07) is 10.5. The van der Waals surface area contributed by atoms with Gasteiger partial charge in [-0.2, -0.15) is 0 Å². The number of ketones is 2. The Morgan fingerprint density at radius 2 is 1.55 bits per heavy atom. The molecule has 2 aromatic carbocycles. The van der Waals surface area contributed by atoms with Crippen molar-refractivity contribution in [3.8, 4) is 11.5 Å². The summed E-state index contributed by atoms with van der Waals surface area (Å²) in [6.07, 6.45) is 5.35. The van der Waals surface area contributed by atoms with Crippen LogP contribution >= 0.6 is 0 Å². The van der Waals surface area contributed by atoms with Crippen LogP contribution in [-0.4, -0.2) is 54.9 Å². The molecule has 0 radical (unpaired) electrons. The van der Waals surface area contributed by atoms with Gasteiger partial charge in [-0.05, 0) is 65.8 Å². The van der Waals surface area contributed by atoms with Crippen LogP contribution in [0.15, 0.2) is 71.6 Å². The van der Waals surface area contributed by atoms with E-state index in [-0.39, 0.29) is 34.6 Å². The molecule has 1 N–H and O–H groups in total. The summed E-state index contributed by atoms with van der Waals surface area (Å²) in [6.45, 7) is 14.0. The van der Waals surface area contributed by atoms with Crippen molar-refractivity contribution in [3.05, 3.63) is 93.8 Å². The Kier molecular flexibility index (Phi) is 9.83. The maximum Gasteiger partial charge on any atom is 0.335 e. The standard InChI is InChI=1S/C39H47NO7/c1-8-10-26-17-27(18-32(46-7)36(26)47-23-24-11-13-25(14-12-24)37(43)44)33-34-28(19-38(2,3)21-30(34)41)40(15-9-16-45-6)29-20-39(4,5)22-31(42)35(29)33/h8,11-14,17-18,33H,1,9-10,15-16,19-23H2,2-7H3,(H,43,44). The summed E-state index contributed by atoms with van der Waals surface area (Å²) < 4.78 is 17.6. The summed E-state index contributed by atoms with van der Waals surface area (Å²) in [5.41, 5.74) is 5.72. The third-order valence-corrected chi connectivity index (χ3v) is 9.41. The Labute approximate surface area is 278 Å². The number of ether oxygens (including phenoxy) is 3.